The molecule has 0 spiro atoms. The minimum atomic E-state index is -3.61. The number of amidine groups is 1. The van der Waals surface area contributed by atoms with Crippen LogP contribution in [0.15, 0.2) is 34.2 Å². The predicted molar refractivity (Wildman–Crippen MR) is 100 cm³/mol. The number of ether oxygens (including phenoxy) is 2. The van der Waals surface area contributed by atoms with Crippen LogP contribution < -0.4 is 4.72 Å². The molecule has 28 heavy (non-hydrogen) atoms. The van der Waals surface area contributed by atoms with E-state index in [0.717, 1.165) is 0 Å². The van der Waals surface area contributed by atoms with Crippen LogP contribution >= 0.6 is 0 Å². The molecule has 3 rings (SSSR count). The number of carbonyl (C=O) groups is 2. The Morgan fingerprint density at radius 1 is 1.25 bits per heavy atom. The van der Waals surface area contributed by atoms with Gasteiger partial charge in [-0.15, -0.1) is 0 Å². The lowest BCUT2D eigenvalue weighted by Crippen LogP contribution is -2.49. The van der Waals surface area contributed by atoms with Gasteiger partial charge in [-0.05, 0) is 26.0 Å². The van der Waals surface area contributed by atoms with Gasteiger partial charge in [0.25, 0.3) is 15.9 Å². The molecule has 9 nitrogen and oxygen atoms in total. The average Bonchev–Trinajstić information content (AvgIpc) is 2.90. The van der Waals surface area contributed by atoms with Gasteiger partial charge in [-0.25, -0.2) is 8.42 Å². The highest BCUT2D eigenvalue weighted by Gasteiger charge is 2.30. The van der Waals surface area contributed by atoms with Gasteiger partial charge < -0.3 is 14.4 Å². The largest absolute Gasteiger partial charge is 0.456 e. The van der Waals surface area contributed by atoms with Crippen molar-refractivity contribution >= 4 is 27.7 Å². The highest BCUT2D eigenvalue weighted by atomic mass is 32.2. The first-order chi connectivity index (χ1) is 13.3. The second-order valence-corrected chi connectivity index (χ2v) is 8.45. The van der Waals surface area contributed by atoms with E-state index in [9.17, 15) is 18.0 Å². The Morgan fingerprint density at radius 2 is 1.93 bits per heavy atom. The Hall–Kier alpha value is -2.46. The van der Waals surface area contributed by atoms with Crippen molar-refractivity contribution in [2.45, 2.75) is 37.4 Å². The Morgan fingerprint density at radius 3 is 2.64 bits per heavy atom. The van der Waals surface area contributed by atoms with E-state index in [4.69, 9.17) is 9.47 Å². The lowest BCUT2D eigenvalue weighted by Gasteiger charge is -2.35. The number of aliphatic imine (C=N–C) groups is 1. The maximum atomic E-state index is 12.2. The summed E-state index contributed by atoms with van der Waals surface area (Å²) in [7, 11) is -3.61. The summed E-state index contributed by atoms with van der Waals surface area (Å²) < 4.78 is 37.0. The van der Waals surface area contributed by atoms with Crippen LogP contribution in [0.25, 0.3) is 0 Å². The molecule has 0 aromatic heterocycles. The van der Waals surface area contributed by atoms with Crippen molar-refractivity contribution < 1.29 is 27.5 Å². The molecule has 0 aliphatic carbocycles. The van der Waals surface area contributed by atoms with Crippen LogP contribution in [-0.2, 0) is 29.1 Å². The fourth-order valence-electron chi connectivity index (χ4n) is 3.20. The van der Waals surface area contributed by atoms with E-state index < -0.39 is 16.0 Å². The number of nitrogens with one attached hydrogen (secondary N) is 1. The first-order valence-corrected chi connectivity index (χ1v) is 10.5. The smallest absolute Gasteiger partial charge is 0.308 e. The van der Waals surface area contributed by atoms with Crippen molar-refractivity contribution in [2.24, 2.45) is 4.99 Å². The molecule has 2 heterocycles. The van der Waals surface area contributed by atoms with E-state index in [1.54, 1.807) is 23.1 Å². The monoisotopic (exact) mass is 409 g/mol. The molecule has 1 saturated heterocycles. The van der Waals surface area contributed by atoms with Crippen LogP contribution in [0.5, 0.6) is 0 Å². The Bertz CT molecular complexity index is 888. The second kappa shape index (κ2) is 8.27. The minimum absolute atomic E-state index is 0.0465. The average molecular weight is 409 g/mol. The molecule has 2 atom stereocenters. The van der Waals surface area contributed by atoms with Gasteiger partial charge in [-0.2, -0.15) is 0 Å². The van der Waals surface area contributed by atoms with Crippen LogP contribution in [0, 0.1) is 0 Å². The Kier molecular flexibility index (Phi) is 5.99. The molecule has 0 unspecified atom stereocenters. The van der Waals surface area contributed by atoms with Crippen LogP contribution in [0.4, 0.5) is 0 Å². The van der Waals surface area contributed by atoms with Crippen molar-refractivity contribution in [2.75, 3.05) is 26.2 Å². The normalized spacial score (nSPS) is 24.5. The van der Waals surface area contributed by atoms with Crippen LogP contribution in [0.2, 0.25) is 0 Å². The van der Waals surface area contributed by atoms with Crippen molar-refractivity contribution in [3.63, 3.8) is 0 Å². The molecule has 10 heteroatoms. The van der Waals surface area contributed by atoms with Gasteiger partial charge in [0, 0.05) is 18.7 Å². The van der Waals surface area contributed by atoms with E-state index in [-0.39, 0.29) is 48.4 Å². The minimum Gasteiger partial charge on any atom is -0.456 e. The number of amides is 1. The maximum absolute atomic E-state index is 12.2. The molecule has 0 saturated carbocycles. The first kappa shape index (κ1) is 20.3. The number of carbonyl (C=O) groups excluding carboxylic acids is 2. The molecular weight excluding hydrogens is 386 g/mol. The number of esters is 1. The second-order valence-electron chi connectivity index (χ2n) is 6.80. The number of nitrogens with zero attached hydrogens (tertiary/aromatic N) is 2. The van der Waals surface area contributed by atoms with E-state index in [1.165, 1.54) is 6.07 Å². The molecule has 1 aromatic rings. The number of benzene rings is 1. The zero-order chi connectivity index (χ0) is 20.3. The summed E-state index contributed by atoms with van der Waals surface area (Å²) in [6.45, 7) is 4.42. The molecule has 152 valence electrons. The van der Waals surface area contributed by atoms with Gasteiger partial charge in [-0.1, -0.05) is 12.1 Å². The van der Waals surface area contributed by atoms with Gasteiger partial charge in [0.05, 0.1) is 30.1 Å². The van der Waals surface area contributed by atoms with E-state index >= 15 is 0 Å². The molecule has 0 bridgehead atoms. The zero-order valence-electron chi connectivity index (χ0n) is 15.8. The molecule has 1 N–H and O–H groups in total. The number of sulfonamides is 1. The van der Waals surface area contributed by atoms with E-state index in [1.807, 2.05) is 13.8 Å². The lowest BCUT2D eigenvalue weighted by atomic mass is 10.2. The van der Waals surface area contributed by atoms with Crippen LogP contribution in [0.3, 0.4) is 0 Å². The summed E-state index contributed by atoms with van der Waals surface area (Å²) >= 11 is 0. The Labute approximate surface area is 163 Å². The Balaban J connectivity index is 1.48. The summed E-state index contributed by atoms with van der Waals surface area (Å²) in [5.74, 6) is -0.629. The third kappa shape index (κ3) is 4.68. The third-order valence-corrected chi connectivity index (χ3v) is 5.77. The van der Waals surface area contributed by atoms with Gasteiger partial charge in [0.2, 0.25) is 0 Å². The number of fused-ring (bicyclic) bond motifs is 1. The van der Waals surface area contributed by atoms with Crippen LogP contribution in [-0.4, -0.2) is 69.5 Å². The highest BCUT2D eigenvalue weighted by molar-refractivity contribution is 7.90. The maximum Gasteiger partial charge on any atom is 0.308 e. The van der Waals surface area contributed by atoms with Gasteiger partial charge >= 0.3 is 5.97 Å². The highest BCUT2D eigenvalue weighted by Crippen LogP contribution is 2.22. The number of hydrogen-bond donors (Lipinski definition) is 1. The summed E-state index contributed by atoms with van der Waals surface area (Å²) in [6.07, 6.45) is -0.175. The van der Waals surface area contributed by atoms with Crippen molar-refractivity contribution in [3.05, 3.63) is 29.8 Å². The predicted octanol–water partition coefficient (Wildman–Crippen LogP) is 0.294. The zero-order valence-corrected chi connectivity index (χ0v) is 16.6. The first-order valence-electron chi connectivity index (χ1n) is 9.02. The van der Waals surface area contributed by atoms with Crippen LogP contribution in [0.1, 0.15) is 25.8 Å². The standard InChI is InChI=1S/C18H23N3O6S/c1-12-9-21(10-13(2)27-12)16(22)11-26-17(23)7-8-19-18-14-5-3-4-6-15(14)28(24,25)20-18/h3-6,12-13H,7-11H2,1-2H3,(H,19,20)/t12-,13+. The molecule has 2 aliphatic heterocycles. The summed E-state index contributed by atoms with van der Waals surface area (Å²) in [6, 6.07) is 6.48. The fraction of sp³-hybridized carbons (Fsp3) is 0.500. The number of hydrogen-bond acceptors (Lipinski definition) is 7. The quantitative estimate of drug-likeness (QED) is 0.700. The summed E-state index contributed by atoms with van der Waals surface area (Å²) in [5, 5.41) is 0. The molecule has 1 fully saturated rings. The molecule has 2 aliphatic rings. The van der Waals surface area contributed by atoms with Crippen molar-refractivity contribution in [3.8, 4) is 0 Å². The van der Waals surface area contributed by atoms with Crippen molar-refractivity contribution in [1.82, 2.24) is 9.62 Å². The molecular formula is C18H23N3O6S. The number of morpholine rings is 1. The SMILES string of the molecule is C[C@@H]1CN(C(=O)COC(=O)CCN=C2NS(=O)(=O)c3ccccc32)C[C@H](C)O1. The van der Waals surface area contributed by atoms with E-state index in [0.29, 0.717) is 18.7 Å². The van der Waals surface area contributed by atoms with E-state index in [2.05, 4.69) is 9.71 Å². The molecule has 0 radical (unpaired) electrons. The number of rotatable bonds is 5. The van der Waals surface area contributed by atoms with Crippen molar-refractivity contribution in [1.29, 1.82) is 0 Å². The topological polar surface area (TPSA) is 114 Å². The van der Waals surface area contributed by atoms with Gasteiger partial charge in [0.1, 0.15) is 5.84 Å². The van der Waals surface area contributed by atoms with Gasteiger partial charge in [-0.3, -0.25) is 19.3 Å². The molecule has 1 amide bonds. The third-order valence-electron chi connectivity index (χ3n) is 4.38. The fourth-order valence-corrected chi connectivity index (χ4v) is 4.45. The van der Waals surface area contributed by atoms with Gasteiger partial charge in [0.15, 0.2) is 6.61 Å². The summed E-state index contributed by atoms with van der Waals surface area (Å²) in [5.41, 5.74) is 0.474. The lowest BCUT2D eigenvalue weighted by molar-refractivity contribution is -0.157. The molecule has 1 aromatic carbocycles. The summed E-state index contributed by atoms with van der Waals surface area (Å²) in [4.78, 5) is 30.0.